The summed E-state index contributed by atoms with van der Waals surface area (Å²) in [6.45, 7) is -0.0460. The molecule has 2 aromatic carbocycles. The highest BCUT2D eigenvalue weighted by molar-refractivity contribution is 7.89. The van der Waals surface area contributed by atoms with Gasteiger partial charge in [-0.2, -0.15) is 5.10 Å². The minimum Gasteiger partial charge on any atom is -0.392 e. The van der Waals surface area contributed by atoms with Crippen molar-refractivity contribution in [2.75, 3.05) is 0 Å². The van der Waals surface area contributed by atoms with Gasteiger partial charge in [0.25, 0.3) is 0 Å². The van der Waals surface area contributed by atoms with Crippen LogP contribution in [-0.2, 0) is 27.9 Å². The van der Waals surface area contributed by atoms with Crippen molar-refractivity contribution in [2.24, 2.45) is 0 Å². The second-order valence-corrected chi connectivity index (χ2v) is 7.69. The molecule has 6 heteroatoms. The number of sulfone groups is 1. The first-order chi connectivity index (χ1) is 11.6. The van der Waals surface area contributed by atoms with Crippen LogP contribution in [-0.4, -0.2) is 23.3 Å². The van der Waals surface area contributed by atoms with E-state index in [1.807, 2.05) is 36.5 Å². The predicted molar refractivity (Wildman–Crippen MR) is 92.3 cm³/mol. The van der Waals surface area contributed by atoms with E-state index in [1.54, 1.807) is 35.1 Å². The Bertz CT molecular complexity index is 884. The summed E-state index contributed by atoms with van der Waals surface area (Å²) in [6, 6.07) is 16.1. The van der Waals surface area contributed by atoms with E-state index in [9.17, 15) is 8.42 Å². The van der Waals surface area contributed by atoms with Crippen LogP contribution in [0.5, 0.6) is 0 Å². The molecule has 5 nitrogen and oxygen atoms in total. The topological polar surface area (TPSA) is 72.2 Å². The Hall–Kier alpha value is -2.44. The molecular weight excluding hydrogens is 324 g/mol. The smallest absolute Gasteiger partial charge is 0.158 e. The van der Waals surface area contributed by atoms with Crippen LogP contribution in [0.15, 0.2) is 67.0 Å². The van der Waals surface area contributed by atoms with Gasteiger partial charge in [-0.05, 0) is 34.9 Å². The fourth-order valence-corrected chi connectivity index (χ4v) is 3.97. The molecule has 124 valence electrons. The Morgan fingerprint density at radius 3 is 1.92 bits per heavy atom. The molecule has 1 heterocycles. The van der Waals surface area contributed by atoms with E-state index < -0.39 is 9.84 Å². The summed E-state index contributed by atoms with van der Waals surface area (Å²) >= 11 is 0. The lowest BCUT2D eigenvalue weighted by Crippen LogP contribution is -2.08. The maximum Gasteiger partial charge on any atom is 0.158 e. The number of aliphatic hydroxyl groups is 1. The van der Waals surface area contributed by atoms with E-state index in [1.165, 1.54) is 0 Å². The third kappa shape index (κ3) is 4.10. The van der Waals surface area contributed by atoms with E-state index in [4.69, 9.17) is 5.11 Å². The molecule has 0 fully saturated rings. The molecule has 0 saturated carbocycles. The normalized spacial score (nSPS) is 11.5. The summed E-state index contributed by atoms with van der Waals surface area (Å²) in [5.41, 5.74) is 3.13. The zero-order valence-corrected chi connectivity index (χ0v) is 13.9. The van der Waals surface area contributed by atoms with Crippen LogP contribution in [0.2, 0.25) is 0 Å². The van der Waals surface area contributed by atoms with Gasteiger partial charge in [0, 0.05) is 12.4 Å². The highest BCUT2D eigenvalue weighted by Gasteiger charge is 2.13. The van der Waals surface area contributed by atoms with Crippen molar-refractivity contribution in [3.05, 3.63) is 83.7 Å². The second-order valence-electron chi connectivity index (χ2n) is 5.62. The van der Waals surface area contributed by atoms with Crippen molar-refractivity contribution in [2.45, 2.75) is 18.1 Å². The summed E-state index contributed by atoms with van der Waals surface area (Å²) in [5.74, 6) is -0.0201. The molecule has 0 bridgehead atoms. The van der Waals surface area contributed by atoms with Crippen LogP contribution in [0.4, 0.5) is 0 Å². The maximum absolute atomic E-state index is 12.4. The number of nitrogens with zero attached hydrogens (tertiary/aromatic N) is 2. The predicted octanol–water partition coefficient (Wildman–Crippen LogP) is 2.48. The van der Waals surface area contributed by atoms with Crippen LogP contribution in [0, 0.1) is 0 Å². The fourth-order valence-electron chi connectivity index (χ4n) is 2.47. The lowest BCUT2D eigenvalue weighted by Gasteiger charge is -2.07. The monoisotopic (exact) mass is 342 g/mol. The molecule has 0 radical (unpaired) electrons. The average Bonchev–Trinajstić information content (AvgIpc) is 3.10. The summed E-state index contributed by atoms with van der Waals surface area (Å²) in [7, 11) is -3.26. The maximum atomic E-state index is 12.4. The fraction of sp³-hybridized carbons (Fsp3) is 0.167. The molecule has 0 aliphatic carbocycles. The van der Waals surface area contributed by atoms with Crippen molar-refractivity contribution >= 4 is 9.84 Å². The first kappa shape index (κ1) is 16.4. The quantitative estimate of drug-likeness (QED) is 0.747. The Balaban J connectivity index is 1.69. The van der Waals surface area contributed by atoms with Gasteiger partial charge in [-0.15, -0.1) is 0 Å². The van der Waals surface area contributed by atoms with Gasteiger partial charge in [-0.1, -0.05) is 36.4 Å². The van der Waals surface area contributed by atoms with Crippen molar-refractivity contribution in [3.8, 4) is 5.69 Å². The zero-order chi connectivity index (χ0) is 17.0. The van der Waals surface area contributed by atoms with Crippen LogP contribution in [0.1, 0.15) is 16.7 Å². The number of aliphatic hydroxyl groups excluding tert-OH is 1. The first-order valence-corrected chi connectivity index (χ1v) is 9.36. The Morgan fingerprint density at radius 2 is 1.42 bits per heavy atom. The second kappa shape index (κ2) is 6.98. The van der Waals surface area contributed by atoms with Crippen LogP contribution < -0.4 is 0 Å². The number of rotatable bonds is 6. The van der Waals surface area contributed by atoms with Crippen molar-refractivity contribution in [1.29, 1.82) is 0 Å². The molecule has 0 atom stereocenters. The number of hydrogen-bond acceptors (Lipinski definition) is 4. The molecule has 3 aromatic rings. The van der Waals surface area contributed by atoms with Crippen LogP contribution in [0.3, 0.4) is 0 Å². The number of hydrogen-bond donors (Lipinski definition) is 1. The molecule has 0 unspecified atom stereocenters. The SMILES string of the molecule is O=S(=O)(Cc1ccc(CO)cc1)Cc1ccc(-n2cccn2)cc1. The zero-order valence-electron chi connectivity index (χ0n) is 13.0. The van der Waals surface area contributed by atoms with Crippen LogP contribution >= 0.6 is 0 Å². The number of benzene rings is 2. The van der Waals surface area contributed by atoms with Gasteiger partial charge in [0.2, 0.25) is 0 Å². The third-order valence-corrected chi connectivity index (χ3v) is 5.23. The van der Waals surface area contributed by atoms with Gasteiger partial charge in [0.05, 0.1) is 23.8 Å². The minimum absolute atomic E-state index is 0.00581. The molecule has 0 saturated heterocycles. The van der Waals surface area contributed by atoms with E-state index in [-0.39, 0.29) is 18.1 Å². The lowest BCUT2D eigenvalue weighted by atomic mass is 10.2. The van der Waals surface area contributed by atoms with Crippen molar-refractivity contribution < 1.29 is 13.5 Å². The number of aromatic nitrogens is 2. The van der Waals surface area contributed by atoms with E-state index in [2.05, 4.69) is 5.10 Å². The molecule has 0 aliphatic rings. The van der Waals surface area contributed by atoms with Crippen molar-refractivity contribution in [1.82, 2.24) is 9.78 Å². The van der Waals surface area contributed by atoms with Crippen LogP contribution in [0.25, 0.3) is 5.69 Å². The molecule has 0 aliphatic heterocycles. The highest BCUT2D eigenvalue weighted by Crippen LogP contribution is 2.15. The van der Waals surface area contributed by atoms with Gasteiger partial charge in [-0.25, -0.2) is 13.1 Å². The molecule has 1 aromatic heterocycles. The van der Waals surface area contributed by atoms with E-state index in [0.29, 0.717) is 0 Å². The van der Waals surface area contributed by atoms with Gasteiger partial charge in [-0.3, -0.25) is 0 Å². The molecule has 0 amide bonds. The molecule has 0 spiro atoms. The summed E-state index contributed by atoms with van der Waals surface area (Å²) < 4.78 is 26.5. The highest BCUT2D eigenvalue weighted by atomic mass is 32.2. The lowest BCUT2D eigenvalue weighted by molar-refractivity contribution is 0.282. The van der Waals surface area contributed by atoms with E-state index in [0.717, 1.165) is 22.4 Å². The first-order valence-electron chi connectivity index (χ1n) is 7.54. The molecule has 3 rings (SSSR count). The van der Waals surface area contributed by atoms with Gasteiger partial charge in [0.15, 0.2) is 9.84 Å². The van der Waals surface area contributed by atoms with Gasteiger partial charge >= 0.3 is 0 Å². The molecular formula is C18H18N2O3S. The third-order valence-electron chi connectivity index (χ3n) is 3.68. The van der Waals surface area contributed by atoms with Crippen molar-refractivity contribution in [3.63, 3.8) is 0 Å². The average molecular weight is 342 g/mol. The summed E-state index contributed by atoms with van der Waals surface area (Å²) in [4.78, 5) is 0. The summed E-state index contributed by atoms with van der Waals surface area (Å²) in [6.07, 6.45) is 3.53. The van der Waals surface area contributed by atoms with Gasteiger partial charge in [0.1, 0.15) is 0 Å². The van der Waals surface area contributed by atoms with Gasteiger partial charge < -0.3 is 5.11 Å². The molecule has 1 N–H and O–H groups in total. The Morgan fingerprint density at radius 1 is 0.875 bits per heavy atom. The van der Waals surface area contributed by atoms with E-state index >= 15 is 0 Å². The minimum atomic E-state index is -3.26. The largest absolute Gasteiger partial charge is 0.392 e. The Kier molecular flexibility index (Phi) is 4.78. The Labute approximate surface area is 141 Å². The molecule has 24 heavy (non-hydrogen) atoms. The summed E-state index contributed by atoms with van der Waals surface area (Å²) in [5, 5.41) is 13.2. The standard InChI is InChI=1S/C18H18N2O3S/c21-12-15-2-4-16(5-3-15)13-24(22,23)14-17-6-8-18(9-7-17)20-11-1-10-19-20/h1-11,21H,12-14H2.